The van der Waals surface area contributed by atoms with Gasteiger partial charge in [0.1, 0.15) is 35.8 Å². The number of allylic oxidation sites excluding steroid dienone is 3. The molecule has 3 aliphatic heterocycles. The molecule has 3 saturated heterocycles. The zero-order chi connectivity index (χ0) is 76.0. The summed E-state index contributed by atoms with van der Waals surface area (Å²) in [5.41, 5.74) is 7.40. The molecule has 5 saturated carbocycles. The molecule has 18 nitrogen and oxygen atoms in total. The molecule has 8 aliphatic rings. The highest BCUT2D eigenvalue weighted by Gasteiger charge is 2.56. The number of hydrogen-bond donors (Lipinski definition) is 3. The van der Waals surface area contributed by atoms with Crippen LogP contribution in [0.2, 0.25) is 0 Å². The van der Waals surface area contributed by atoms with Crippen molar-refractivity contribution in [3.8, 4) is 33.4 Å². The van der Waals surface area contributed by atoms with Crippen LogP contribution in [0.25, 0.3) is 51.6 Å². The fraction of sp³-hybridized carbons (Fsp3) is 0.483. The van der Waals surface area contributed by atoms with Crippen molar-refractivity contribution >= 4 is 54.4 Å². The van der Waals surface area contributed by atoms with Gasteiger partial charge in [-0.15, -0.1) is 0 Å². The van der Waals surface area contributed by atoms with Gasteiger partial charge < -0.3 is 44.4 Å². The van der Waals surface area contributed by atoms with Crippen LogP contribution in [0.15, 0.2) is 146 Å². The van der Waals surface area contributed by atoms with E-state index in [-0.39, 0.29) is 143 Å². The Labute approximate surface area is 631 Å². The molecule has 3 amide bonds. The first-order valence-electron chi connectivity index (χ1n) is 38.9. The number of nitrogens with zero attached hydrogens (tertiary/aromatic N) is 3. The third kappa shape index (κ3) is 19.4. The molecule has 0 spiro atoms. The number of fused-ring (bicyclic) bond motifs is 5. The minimum atomic E-state index is -0.379. The van der Waals surface area contributed by atoms with Crippen molar-refractivity contribution in [2.45, 2.75) is 168 Å². The Bertz CT molecular complexity index is 3940. The van der Waals surface area contributed by atoms with E-state index in [2.05, 4.69) is 49.1 Å². The number of ether oxygens (including phenoxy) is 6. The smallest absolute Gasteiger partial charge is 0.407 e. The van der Waals surface area contributed by atoms with Crippen LogP contribution in [-0.4, -0.2) is 107 Å². The Hall–Kier alpha value is -9.66. The van der Waals surface area contributed by atoms with Crippen LogP contribution in [0.1, 0.15) is 149 Å². The molecular weight excluding hydrogens is 1380 g/mol. The molecule has 3 aromatic heterocycles. The number of carbonyl (C=O) groups is 6. The second-order valence-corrected chi connectivity index (χ2v) is 30.3. The van der Waals surface area contributed by atoms with E-state index in [1.54, 1.807) is 57.6 Å². The Morgan fingerprint density at radius 2 is 0.796 bits per heavy atom. The molecule has 0 radical (unpaired) electrons. The van der Waals surface area contributed by atoms with E-state index in [0.717, 1.165) is 140 Å². The van der Waals surface area contributed by atoms with E-state index in [4.69, 9.17) is 28.4 Å². The van der Waals surface area contributed by atoms with E-state index in [0.29, 0.717) is 43.5 Å². The second kappa shape index (κ2) is 36.5. The summed E-state index contributed by atoms with van der Waals surface area (Å²) in [6.07, 6.45) is 28.6. The Balaban J connectivity index is 0.000000151. The van der Waals surface area contributed by atoms with Gasteiger partial charge in [0, 0.05) is 71.2 Å². The number of carbonyl (C=O) groups excluding carboxylic acids is 6. The highest BCUT2D eigenvalue weighted by molar-refractivity contribution is 5.77. The average molecular weight is 1480 g/mol. The van der Waals surface area contributed by atoms with Gasteiger partial charge in [0.15, 0.2) is 0 Å². The van der Waals surface area contributed by atoms with Crippen molar-refractivity contribution in [2.75, 3.05) is 19.8 Å². The molecule has 5 aliphatic carbocycles. The maximum absolute atomic E-state index is 13.6. The van der Waals surface area contributed by atoms with Crippen molar-refractivity contribution in [2.24, 2.45) is 76.9 Å². The summed E-state index contributed by atoms with van der Waals surface area (Å²) in [7, 11) is 0. The number of aromatic nitrogens is 3. The highest BCUT2D eigenvalue weighted by atomic mass is 19.1. The molecule has 108 heavy (non-hydrogen) atoms. The predicted octanol–water partition coefficient (Wildman–Crippen LogP) is 17.4. The Kier molecular flexibility index (Phi) is 26.3. The zero-order valence-corrected chi connectivity index (χ0v) is 62.5. The third-order valence-electron chi connectivity index (χ3n) is 23.7. The summed E-state index contributed by atoms with van der Waals surface area (Å²) in [5.74, 6) is 1.01. The van der Waals surface area contributed by atoms with Crippen LogP contribution >= 0.6 is 0 Å². The number of esters is 3. The van der Waals surface area contributed by atoms with Crippen LogP contribution in [-0.2, 0) is 42.8 Å². The Morgan fingerprint density at radius 3 is 1.18 bits per heavy atom. The summed E-state index contributed by atoms with van der Waals surface area (Å²) in [6, 6.07) is 31.3. The standard InChI is InChI=1S/2C29H33FN2O4.C29H35FN2O4/c2*1-3-35-29(34)32-23-10-11-24-20(14-23)15-26-27(17(2)36-28(26)33)25(24)12-9-22-8-7-19(16-31-22)18-5-4-6-21(30)13-18;1-3-35-29(34)32-25-10-5-7-20(27-19(2)36-28(33)26(27)12-6-11-25)13-15-24-16-14-22(18-31-24)21-8-4-9-23(30)17-21/h2*4-9,12-13,16-17,20,23-27H,3,10-11,14-15H2,1-2H3,(H,32,34);4,8-9,13-20,25-27H,3,5-7,10-12H2,1-2H3,(H,32,34)/b2*12-9+;15-13+/t17-,20+,23-,24+,25+,26+,27-;17-,20-,23+,24-,25+,26-,27-;19-,20-,25+,26+,27-/m100/s1. The number of benzene rings is 3. The first-order valence-corrected chi connectivity index (χ1v) is 38.9. The average Bonchev–Trinajstić information content (AvgIpc) is 1.57. The topological polar surface area (TPSA) is 233 Å². The van der Waals surface area contributed by atoms with Gasteiger partial charge in [-0.1, -0.05) is 85.7 Å². The summed E-state index contributed by atoms with van der Waals surface area (Å²) in [5, 5.41) is 8.98. The Morgan fingerprint density at radius 1 is 0.426 bits per heavy atom. The van der Waals surface area contributed by atoms with Crippen LogP contribution in [0, 0.1) is 94.4 Å². The number of alkyl carbamates (subject to hydrolysis) is 3. The molecule has 21 heteroatoms. The van der Waals surface area contributed by atoms with Crippen LogP contribution in [0.4, 0.5) is 27.6 Å². The maximum Gasteiger partial charge on any atom is 0.407 e. The summed E-state index contributed by atoms with van der Waals surface area (Å²) < 4.78 is 73.0. The molecule has 0 bridgehead atoms. The number of rotatable bonds is 15. The summed E-state index contributed by atoms with van der Waals surface area (Å²) in [4.78, 5) is 87.6. The number of nitrogens with one attached hydrogen (secondary N) is 3. The van der Waals surface area contributed by atoms with Crippen molar-refractivity contribution < 1.29 is 70.4 Å². The molecule has 6 aromatic rings. The molecule has 14 rings (SSSR count). The van der Waals surface area contributed by atoms with Gasteiger partial charge in [0.2, 0.25) is 0 Å². The van der Waals surface area contributed by atoms with Gasteiger partial charge in [-0.3, -0.25) is 29.3 Å². The zero-order valence-electron chi connectivity index (χ0n) is 62.5. The maximum atomic E-state index is 13.6. The number of hydrogen-bond acceptors (Lipinski definition) is 15. The monoisotopic (exact) mass is 1480 g/mol. The van der Waals surface area contributed by atoms with Gasteiger partial charge in [0.05, 0.1) is 54.7 Å². The van der Waals surface area contributed by atoms with E-state index in [9.17, 15) is 41.9 Å². The van der Waals surface area contributed by atoms with E-state index in [1.165, 1.54) is 36.4 Å². The number of halogens is 3. The summed E-state index contributed by atoms with van der Waals surface area (Å²) >= 11 is 0. The number of cyclic esters (lactones) is 3. The quantitative estimate of drug-likeness (QED) is 0.0641. The first kappa shape index (κ1) is 77.9. The number of pyridine rings is 3. The minimum Gasteiger partial charge on any atom is -0.462 e. The van der Waals surface area contributed by atoms with E-state index >= 15 is 0 Å². The molecule has 19 atom stereocenters. The molecule has 3 aromatic carbocycles. The molecule has 6 heterocycles. The predicted molar refractivity (Wildman–Crippen MR) is 405 cm³/mol. The van der Waals surface area contributed by atoms with Gasteiger partial charge in [-0.2, -0.15) is 0 Å². The first-order chi connectivity index (χ1) is 52.3. The number of amides is 3. The van der Waals surface area contributed by atoms with Crippen molar-refractivity contribution in [3.63, 3.8) is 0 Å². The SMILES string of the molecule is CCOC(=O)N[C@@H]1CCC[C@@H](/C=C/c2ccc(-c3cccc(F)c3)cn2)[C@@H]2[C@H](C)OC(=O)[C@@H]2CCC1.CCOC(=O)N[C@@H]1CC[C@H]2[C@@H](C1)C[C@@H]1C(=O)O[C@@H](C)[C@H]1[C@@H]2/C=C/c1ccc(-c2cccc(F)c2)cn1.CCOC(=O)N[C@@H]1CC[C@H]2[C@@H](C1)C[C@@H]1C(=O)O[C@H](C)[C@@H]1[C@H]2/C=C/c1ccc(-c2cccc(F)c2)cn1. The van der Waals surface area contributed by atoms with Gasteiger partial charge in [-0.05, 0) is 250 Å². The van der Waals surface area contributed by atoms with Crippen molar-refractivity contribution in [1.82, 2.24) is 30.9 Å². The lowest BCUT2D eigenvalue weighted by Crippen LogP contribution is -2.48. The molecular formula is C87H101F3N6O12. The largest absolute Gasteiger partial charge is 0.462 e. The van der Waals surface area contributed by atoms with Gasteiger partial charge in [0.25, 0.3) is 0 Å². The molecule has 8 fully saturated rings. The summed E-state index contributed by atoms with van der Waals surface area (Å²) in [6.45, 7) is 12.4. The lowest BCUT2D eigenvalue weighted by Gasteiger charge is -2.47. The fourth-order valence-electron chi connectivity index (χ4n) is 18.9. The lowest BCUT2D eigenvalue weighted by molar-refractivity contribution is -0.145. The molecule has 0 unspecified atom stereocenters. The van der Waals surface area contributed by atoms with Crippen LogP contribution in [0.3, 0.4) is 0 Å². The van der Waals surface area contributed by atoms with E-state index < -0.39 is 0 Å². The third-order valence-corrected chi connectivity index (χ3v) is 23.7. The lowest BCUT2D eigenvalue weighted by atomic mass is 9.57. The minimum absolute atomic E-state index is 0.0390. The van der Waals surface area contributed by atoms with E-state index in [1.807, 2.05) is 93.6 Å². The molecule has 572 valence electrons. The van der Waals surface area contributed by atoms with Crippen molar-refractivity contribution in [3.05, 3.63) is 181 Å². The van der Waals surface area contributed by atoms with Crippen LogP contribution in [0.5, 0.6) is 0 Å². The fourth-order valence-corrected chi connectivity index (χ4v) is 18.9. The normalized spacial score (nSPS) is 29.9. The molecule has 3 N–H and O–H groups in total. The van der Waals surface area contributed by atoms with Crippen molar-refractivity contribution in [1.29, 1.82) is 0 Å². The van der Waals surface area contributed by atoms with Gasteiger partial charge >= 0.3 is 36.2 Å². The van der Waals surface area contributed by atoms with Crippen LogP contribution < -0.4 is 16.0 Å². The second-order valence-electron chi connectivity index (χ2n) is 30.3. The highest BCUT2D eigenvalue weighted by Crippen LogP contribution is 2.56. The van der Waals surface area contributed by atoms with Gasteiger partial charge in [-0.25, -0.2) is 27.6 Å².